The Bertz CT molecular complexity index is 679. The standard InChI is InChI=1S/C12H6Cl2O4/c13-8-4-7(12(17)18)9-5(10(8)14)2-1-3-6(9)11(15)16/h1-4H,(H,15,16)(H,17,18). The Kier molecular flexibility index (Phi) is 3.15. The largest absolute Gasteiger partial charge is 0.478 e. The van der Waals surface area contributed by atoms with Gasteiger partial charge in [0.05, 0.1) is 21.2 Å². The molecule has 0 bridgehead atoms. The van der Waals surface area contributed by atoms with E-state index in [9.17, 15) is 9.59 Å². The summed E-state index contributed by atoms with van der Waals surface area (Å²) in [5.41, 5.74) is -0.305. The monoisotopic (exact) mass is 284 g/mol. The van der Waals surface area contributed by atoms with E-state index in [1.54, 1.807) is 0 Å². The van der Waals surface area contributed by atoms with Gasteiger partial charge in [0, 0.05) is 10.8 Å². The molecular formula is C12H6Cl2O4. The van der Waals surface area contributed by atoms with E-state index in [0.717, 1.165) is 6.07 Å². The normalized spacial score (nSPS) is 10.6. The summed E-state index contributed by atoms with van der Waals surface area (Å²) >= 11 is 11.8. The Balaban J connectivity index is 3.04. The van der Waals surface area contributed by atoms with Crippen molar-refractivity contribution < 1.29 is 19.8 Å². The molecule has 2 aromatic carbocycles. The van der Waals surface area contributed by atoms with Gasteiger partial charge in [-0.15, -0.1) is 0 Å². The molecule has 0 atom stereocenters. The molecule has 0 aliphatic heterocycles. The summed E-state index contributed by atoms with van der Waals surface area (Å²) in [4.78, 5) is 22.3. The van der Waals surface area contributed by atoms with E-state index in [2.05, 4.69) is 0 Å². The van der Waals surface area contributed by atoms with Crippen LogP contribution in [0.4, 0.5) is 0 Å². The molecule has 0 spiro atoms. The minimum atomic E-state index is -1.26. The number of hydrogen-bond donors (Lipinski definition) is 2. The van der Waals surface area contributed by atoms with Gasteiger partial charge in [-0.1, -0.05) is 35.3 Å². The van der Waals surface area contributed by atoms with Gasteiger partial charge in [-0.3, -0.25) is 0 Å². The van der Waals surface area contributed by atoms with Crippen LogP contribution in [-0.2, 0) is 0 Å². The van der Waals surface area contributed by atoms with Crippen molar-refractivity contribution in [2.45, 2.75) is 0 Å². The predicted octanol–water partition coefficient (Wildman–Crippen LogP) is 3.54. The average Bonchev–Trinajstić information content (AvgIpc) is 2.32. The Labute approximate surface area is 111 Å². The lowest BCUT2D eigenvalue weighted by molar-refractivity contribution is 0.0695. The van der Waals surface area contributed by atoms with E-state index in [-0.39, 0.29) is 26.6 Å². The smallest absolute Gasteiger partial charge is 0.336 e. The molecule has 92 valence electrons. The van der Waals surface area contributed by atoms with Crippen LogP contribution in [0, 0.1) is 0 Å². The molecule has 0 saturated heterocycles. The van der Waals surface area contributed by atoms with Gasteiger partial charge in [0.2, 0.25) is 0 Å². The fourth-order valence-corrected chi connectivity index (χ4v) is 2.19. The van der Waals surface area contributed by atoms with Crippen LogP contribution in [0.1, 0.15) is 20.7 Å². The molecule has 0 aliphatic carbocycles. The van der Waals surface area contributed by atoms with Crippen LogP contribution in [0.15, 0.2) is 24.3 Å². The van der Waals surface area contributed by atoms with Crippen LogP contribution >= 0.6 is 23.2 Å². The first kappa shape index (κ1) is 12.7. The molecule has 18 heavy (non-hydrogen) atoms. The Morgan fingerprint density at radius 2 is 1.61 bits per heavy atom. The zero-order valence-corrected chi connectivity index (χ0v) is 10.3. The molecular weight excluding hydrogens is 279 g/mol. The molecule has 0 aliphatic rings. The first-order chi connectivity index (χ1) is 8.43. The van der Waals surface area contributed by atoms with Crippen LogP contribution in [0.5, 0.6) is 0 Å². The number of carbonyl (C=O) groups is 2. The van der Waals surface area contributed by atoms with Crippen molar-refractivity contribution in [1.82, 2.24) is 0 Å². The van der Waals surface area contributed by atoms with Crippen LogP contribution < -0.4 is 0 Å². The molecule has 2 aromatic rings. The summed E-state index contributed by atoms with van der Waals surface area (Å²) in [6.45, 7) is 0. The lowest BCUT2D eigenvalue weighted by atomic mass is 9.99. The van der Waals surface area contributed by atoms with E-state index in [0.29, 0.717) is 5.39 Å². The van der Waals surface area contributed by atoms with Gasteiger partial charge >= 0.3 is 11.9 Å². The van der Waals surface area contributed by atoms with Gasteiger partial charge in [0.25, 0.3) is 0 Å². The maximum Gasteiger partial charge on any atom is 0.336 e. The second kappa shape index (κ2) is 4.48. The minimum Gasteiger partial charge on any atom is -0.478 e. The highest BCUT2D eigenvalue weighted by molar-refractivity contribution is 6.46. The van der Waals surface area contributed by atoms with Crippen molar-refractivity contribution in [1.29, 1.82) is 0 Å². The van der Waals surface area contributed by atoms with Crippen LogP contribution in [0.3, 0.4) is 0 Å². The zero-order valence-electron chi connectivity index (χ0n) is 8.78. The quantitative estimate of drug-likeness (QED) is 0.884. The van der Waals surface area contributed by atoms with Crippen LogP contribution in [-0.4, -0.2) is 22.2 Å². The maximum absolute atomic E-state index is 11.2. The summed E-state index contributed by atoms with van der Waals surface area (Å²) in [5.74, 6) is -2.48. The van der Waals surface area contributed by atoms with Crippen molar-refractivity contribution in [3.8, 4) is 0 Å². The number of fused-ring (bicyclic) bond motifs is 1. The second-order valence-corrected chi connectivity index (χ2v) is 4.34. The highest BCUT2D eigenvalue weighted by Crippen LogP contribution is 2.35. The summed E-state index contributed by atoms with van der Waals surface area (Å²) in [6.07, 6.45) is 0. The average molecular weight is 285 g/mol. The third-order valence-electron chi connectivity index (χ3n) is 2.51. The predicted molar refractivity (Wildman–Crippen MR) is 67.9 cm³/mol. The van der Waals surface area contributed by atoms with Crippen molar-refractivity contribution >= 4 is 45.9 Å². The number of aromatic carboxylic acids is 2. The van der Waals surface area contributed by atoms with Crippen molar-refractivity contribution in [2.75, 3.05) is 0 Å². The molecule has 0 amide bonds. The summed E-state index contributed by atoms with van der Waals surface area (Å²) < 4.78 is 0. The SMILES string of the molecule is O=C(O)c1cccc2c(Cl)c(Cl)cc(C(=O)O)c12. The number of benzene rings is 2. The zero-order chi connectivity index (χ0) is 13.4. The molecule has 0 fully saturated rings. The van der Waals surface area contributed by atoms with E-state index in [1.165, 1.54) is 18.2 Å². The van der Waals surface area contributed by atoms with Gasteiger partial charge in [-0.05, 0) is 12.1 Å². The first-order valence-corrected chi connectivity index (χ1v) is 5.56. The maximum atomic E-state index is 11.2. The molecule has 0 saturated carbocycles. The Morgan fingerprint density at radius 1 is 1.00 bits per heavy atom. The fraction of sp³-hybridized carbons (Fsp3) is 0. The third-order valence-corrected chi connectivity index (χ3v) is 3.31. The van der Waals surface area contributed by atoms with Crippen molar-refractivity contribution in [3.05, 3.63) is 45.4 Å². The molecule has 0 heterocycles. The number of rotatable bonds is 2. The van der Waals surface area contributed by atoms with Gasteiger partial charge < -0.3 is 10.2 Å². The highest BCUT2D eigenvalue weighted by atomic mass is 35.5. The second-order valence-electron chi connectivity index (χ2n) is 3.56. The molecule has 4 nitrogen and oxygen atoms in total. The molecule has 6 heteroatoms. The van der Waals surface area contributed by atoms with Crippen molar-refractivity contribution in [3.63, 3.8) is 0 Å². The highest BCUT2D eigenvalue weighted by Gasteiger charge is 2.19. The van der Waals surface area contributed by atoms with E-state index in [4.69, 9.17) is 33.4 Å². The first-order valence-electron chi connectivity index (χ1n) is 4.80. The summed E-state index contributed by atoms with van der Waals surface area (Å²) in [7, 11) is 0. The van der Waals surface area contributed by atoms with Crippen LogP contribution in [0.25, 0.3) is 10.8 Å². The molecule has 2 rings (SSSR count). The van der Waals surface area contributed by atoms with E-state index in [1.807, 2.05) is 0 Å². The summed E-state index contributed by atoms with van der Waals surface area (Å²) in [6, 6.07) is 5.49. The number of halogens is 2. The Morgan fingerprint density at radius 3 is 2.17 bits per heavy atom. The minimum absolute atomic E-state index is 0.0732. The number of hydrogen-bond acceptors (Lipinski definition) is 2. The van der Waals surface area contributed by atoms with Gasteiger partial charge in [-0.2, -0.15) is 0 Å². The fourth-order valence-electron chi connectivity index (χ4n) is 1.76. The van der Waals surface area contributed by atoms with Gasteiger partial charge in [-0.25, -0.2) is 9.59 Å². The lowest BCUT2D eigenvalue weighted by Gasteiger charge is -2.09. The lowest BCUT2D eigenvalue weighted by Crippen LogP contribution is -2.04. The molecule has 0 radical (unpaired) electrons. The van der Waals surface area contributed by atoms with Crippen LogP contribution in [0.2, 0.25) is 10.0 Å². The van der Waals surface area contributed by atoms with E-state index >= 15 is 0 Å². The third kappa shape index (κ3) is 1.89. The number of carboxylic acid groups (broad SMARTS) is 2. The summed E-state index contributed by atoms with van der Waals surface area (Å²) in [5, 5.41) is 18.8. The Hall–Kier alpha value is -1.78. The molecule has 0 unspecified atom stereocenters. The number of carboxylic acids is 2. The van der Waals surface area contributed by atoms with E-state index < -0.39 is 11.9 Å². The molecule has 2 N–H and O–H groups in total. The van der Waals surface area contributed by atoms with Gasteiger partial charge in [0.15, 0.2) is 0 Å². The van der Waals surface area contributed by atoms with Gasteiger partial charge in [0.1, 0.15) is 0 Å². The van der Waals surface area contributed by atoms with Crippen molar-refractivity contribution in [2.24, 2.45) is 0 Å². The molecule has 0 aromatic heterocycles. The topological polar surface area (TPSA) is 74.6 Å².